The summed E-state index contributed by atoms with van der Waals surface area (Å²) in [6, 6.07) is 0. The average molecular weight is 297 g/mol. The van der Waals surface area contributed by atoms with Gasteiger partial charge in [0, 0.05) is 19.3 Å². The molecule has 0 aromatic heterocycles. The first-order chi connectivity index (χ1) is 10.3. The molecule has 0 amide bonds. The summed E-state index contributed by atoms with van der Waals surface area (Å²) in [6.45, 7) is 17.5. The van der Waals surface area contributed by atoms with Crippen LogP contribution in [-0.4, -0.2) is 5.54 Å². The highest BCUT2D eigenvalue weighted by atomic mass is 14.8. The molecule has 4 unspecified atom stereocenters. The van der Waals surface area contributed by atoms with Gasteiger partial charge in [-0.3, -0.25) is 0 Å². The Kier molecular flexibility index (Phi) is 3.11. The largest absolute Gasteiger partial charge is 0.310 e. The lowest BCUT2D eigenvalue weighted by Crippen LogP contribution is -2.56. The summed E-state index contributed by atoms with van der Waals surface area (Å²) in [5.41, 5.74) is 2.19. The minimum absolute atomic E-state index is 0.0855. The summed E-state index contributed by atoms with van der Waals surface area (Å²) in [4.78, 5) is 4.16. The van der Waals surface area contributed by atoms with Crippen molar-refractivity contribution in [3.8, 4) is 0 Å². The van der Waals surface area contributed by atoms with Crippen molar-refractivity contribution in [1.29, 1.82) is 0 Å². The maximum absolute atomic E-state index is 7.80. The Morgan fingerprint density at radius 1 is 1.27 bits per heavy atom. The molecule has 0 spiro atoms. The summed E-state index contributed by atoms with van der Waals surface area (Å²) < 4.78 is 0. The van der Waals surface area contributed by atoms with Crippen LogP contribution in [0, 0.1) is 47.5 Å². The van der Waals surface area contributed by atoms with E-state index in [1.54, 1.807) is 5.57 Å². The van der Waals surface area contributed by atoms with Gasteiger partial charge < -0.3 is 4.85 Å². The Morgan fingerprint density at radius 2 is 2.05 bits per heavy atom. The topological polar surface area (TPSA) is 4.36 Å². The smallest absolute Gasteiger partial charge is 0.233 e. The predicted octanol–water partition coefficient (Wildman–Crippen LogP) is 5.73. The summed E-state index contributed by atoms with van der Waals surface area (Å²) in [6.07, 6.45) is 10.4. The van der Waals surface area contributed by atoms with E-state index in [1.807, 2.05) is 0 Å². The number of allylic oxidation sites excluding steroid dienone is 2. The molecular formula is C21H31N. The Labute approximate surface area is 136 Å². The number of hydrogen-bond acceptors (Lipinski definition) is 0. The van der Waals surface area contributed by atoms with Crippen molar-refractivity contribution in [2.45, 2.75) is 71.8 Å². The Morgan fingerprint density at radius 3 is 2.77 bits per heavy atom. The van der Waals surface area contributed by atoms with Crippen LogP contribution in [0.4, 0.5) is 0 Å². The van der Waals surface area contributed by atoms with Gasteiger partial charge in [0.2, 0.25) is 5.54 Å². The molecule has 7 atom stereocenters. The van der Waals surface area contributed by atoms with Crippen LogP contribution in [0.25, 0.3) is 4.85 Å². The fraction of sp³-hybridized carbons (Fsp3) is 0.857. The number of rotatable bonds is 0. The zero-order valence-corrected chi connectivity index (χ0v) is 14.7. The second kappa shape index (κ2) is 4.62. The molecule has 22 heavy (non-hydrogen) atoms. The van der Waals surface area contributed by atoms with Crippen LogP contribution in [0.1, 0.15) is 66.2 Å². The molecule has 4 aliphatic rings. The average Bonchev–Trinajstić information content (AvgIpc) is 2.45. The predicted molar refractivity (Wildman–Crippen MR) is 91.2 cm³/mol. The van der Waals surface area contributed by atoms with Gasteiger partial charge >= 0.3 is 0 Å². The maximum atomic E-state index is 7.80. The Hall–Kier alpha value is -0.770. The van der Waals surface area contributed by atoms with E-state index in [0.29, 0.717) is 11.3 Å². The summed E-state index contributed by atoms with van der Waals surface area (Å²) in [7, 11) is 0. The fourth-order valence-electron chi connectivity index (χ4n) is 7.09. The zero-order chi connectivity index (χ0) is 15.7. The van der Waals surface area contributed by atoms with Gasteiger partial charge in [0.15, 0.2) is 0 Å². The molecule has 0 aromatic rings. The third-order valence-electron chi connectivity index (χ3n) is 7.88. The summed E-state index contributed by atoms with van der Waals surface area (Å²) >= 11 is 0. The van der Waals surface area contributed by atoms with Gasteiger partial charge in [-0.2, -0.15) is 0 Å². The molecule has 0 aromatic carbocycles. The van der Waals surface area contributed by atoms with E-state index in [1.165, 1.54) is 32.1 Å². The quantitative estimate of drug-likeness (QED) is 0.397. The van der Waals surface area contributed by atoms with Crippen molar-refractivity contribution in [3.63, 3.8) is 0 Å². The highest BCUT2D eigenvalue weighted by molar-refractivity contribution is 5.26. The van der Waals surface area contributed by atoms with E-state index in [2.05, 4.69) is 38.6 Å². The van der Waals surface area contributed by atoms with Gasteiger partial charge in [-0.15, -0.1) is 0 Å². The van der Waals surface area contributed by atoms with Crippen molar-refractivity contribution in [3.05, 3.63) is 23.1 Å². The van der Waals surface area contributed by atoms with E-state index in [4.69, 9.17) is 6.57 Å². The van der Waals surface area contributed by atoms with Crippen molar-refractivity contribution in [2.24, 2.45) is 40.9 Å². The van der Waals surface area contributed by atoms with Crippen LogP contribution >= 0.6 is 0 Å². The molecule has 3 saturated carbocycles. The Bertz CT molecular complexity index is 551. The molecule has 0 heterocycles. The molecule has 0 saturated heterocycles. The van der Waals surface area contributed by atoms with Crippen molar-refractivity contribution >= 4 is 0 Å². The van der Waals surface area contributed by atoms with E-state index in [9.17, 15) is 0 Å². The fourth-order valence-corrected chi connectivity index (χ4v) is 7.09. The molecule has 1 nitrogen and oxygen atoms in total. The first kappa shape index (κ1) is 14.8. The highest BCUT2D eigenvalue weighted by Gasteiger charge is 2.60. The lowest BCUT2D eigenvalue weighted by Gasteiger charge is -2.60. The van der Waals surface area contributed by atoms with Gasteiger partial charge in [-0.05, 0) is 67.1 Å². The van der Waals surface area contributed by atoms with Gasteiger partial charge in [-0.25, -0.2) is 6.57 Å². The lowest BCUT2D eigenvalue weighted by atomic mass is 9.44. The van der Waals surface area contributed by atoms with Crippen LogP contribution in [0.15, 0.2) is 11.6 Å². The minimum atomic E-state index is -0.0855. The zero-order valence-electron chi connectivity index (χ0n) is 14.7. The number of hydrogen-bond donors (Lipinski definition) is 0. The summed E-state index contributed by atoms with van der Waals surface area (Å²) in [5, 5.41) is 0. The molecule has 4 aliphatic carbocycles. The molecule has 120 valence electrons. The van der Waals surface area contributed by atoms with Crippen LogP contribution < -0.4 is 0 Å². The van der Waals surface area contributed by atoms with Crippen molar-refractivity contribution < 1.29 is 0 Å². The van der Waals surface area contributed by atoms with Crippen molar-refractivity contribution in [1.82, 2.24) is 0 Å². The molecule has 0 aliphatic heterocycles. The molecule has 0 N–H and O–H groups in total. The first-order valence-electron chi connectivity index (χ1n) is 9.42. The van der Waals surface area contributed by atoms with Crippen LogP contribution in [-0.2, 0) is 0 Å². The van der Waals surface area contributed by atoms with Gasteiger partial charge in [0.1, 0.15) is 0 Å². The van der Waals surface area contributed by atoms with Crippen LogP contribution in [0.2, 0.25) is 0 Å². The van der Waals surface area contributed by atoms with E-state index < -0.39 is 0 Å². The molecule has 0 radical (unpaired) electrons. The lowest BCUT2D eigenvalue weighted by molar-refractivity contribution is -0.0619. The second-order valence-electron chi connectivity index (χ2n) is 9.91. The minimum Gasteiger partial charge on any atom is -0.310 e. The molecular weight excluding hydrogens is 266 g/mol. The van der Waals surface area contributed by atoms with Crippen LogP contribution in [0.5, 0.6) is 0 Å². The third kappa shape index (κ3) is 1.95. The van der Waals surface area contributed by atoms with Crippen LogP contribution in [0.3, 0.4) is 0 Å². The number of nitrogens with zero attached hydrogens (tertiary/aromatic N) is 1. The monoisotopic (exact) mass is 297 g/mol. The SMILES string of the molecule is [C-]#[N+][C@@]1(C)CCC2C(C)C[C@H]3CC(C)(C)CC4=CCC1[C@@H]2C43. The first-order valence-corrected chi connectivity index (χ1v) is 9.42. The van der Waals surface area contributed by atoms with Gasteiger partial charge in [-0.1, -0.05) is 32.4 Å². The summed E-state index contributed by atoms with van der Waals surface area (Å²) in [5.74, 6) is 4.93. The van der Waals surface area contributed by atoms with E-state index >= 15 is 0 Å². The highest BCUT2D eigenvalue weighted by Crippen LogP contribution is 2.64. The molecule has 4 rings (SSSR count). The van der Waals surface area contributed by atoms with E-state index in [-0.39, 0.29) is 5.54 Å². The second-order valence-corrected chi connectivity index (χ2v) is 9.91. The van der Waals surface area contributed by atoms with Crippen molar-refractivity contribution in [2.75, 3.05) is 0 Å². The Balaban J connectivity index is 1.78. The third-order valence-corrected chi connectivity index (χ3v) is 7.88. The maximum Gasteiger partial charge on any atom is 0.233 e. The van der Waals surface area contributed by atoms with Gasteiger partial charge in [0.05, 0.1) is 0 Å². The van der Waals surface area contributed by atoms with E-state index in [0.717, 1.165) is 36.0 Å². The normalized spacial score (nSPS) is 52.2. The molecule has 1 heteroatoms. The molecule has 0 bridgehead atoms. The molecule has 3 fully saturated rings. The van der Waals surface area contributed by atoms with Gasteiger partial charge in [0.25, 0.3) is 0 Å². The standard InChI is InChI=1S/C21H31N/c1-13-10-15-12-20(2,3)11-14-6-7-17-19(18(14)15)16(13)8-9-21(17,4)22-5/h6,13,15-19H,7-12H2,1-4H3/t13?,15-,16?,17?,18?,19+,21-/m0/s1.